The Hall–Kier alpha value is -2.53. The molecule has 7 heteroatoms. The van der Waals surface area contributed by atoms with Crippen LogP contribution in [0.1, 0.15) is 30.0 Å². The van der Waals surface area contributed by atoms with E-state index in [0.29, 0.717) is 28.0 Å². The topological polar surface area (TPSA) is 49.4 Å². The average Bonchev–Trinajstić information content (AvgIpc) is 2.82. The van der Waals surface area contributed by atoms with E-state index in [9.17, 15) is 9.59 Å². The Morgan fingerprint density at radius 3 is 2.18 bits per heavy atom. The van der Waals surface area contributed by atoms with Crippen LogP contribution in [0, 0.1) is 0 Å². The molecule has 4 nitrogen and oxygen atoms in total. The van der Waals surface area contributed by atoms with Crippen molar-refractivity contribution >= 4 is 46.6 Å². The van der Waals surface area contributed by atoms with Gasteiger partial charge in [0.05, 0.1) is 0 Å². The van der Waals surface area contributed by atoms with Crippen LogP contribution < -0.4 is 5.32 Å². The average molecular weight is 504 g/mol. The standard InChI is InChI=1S/C26H25Cl3N2O2/c1-2-25(32)31(17-19-8-11-21(27)12-9-19)24(14-18-6-4-3-5-7-18)26(33)30-16-20-10-13-22(28)15-23(20)29/h3-13,15,24H,2,14,16-17H2,1H3,(H,30,33)/t24-/m0/s1. The number of amides is 2. The molecule has 2 amide bonds. The zero-order chi connectivity index (χ0) is 23.8. The van der Waals surface area contributed by atoms with Gasteiger partial charge in [-0.3, -0.25) is 9.59 Å². The van der Waals surface area contributed by atoms with Gasteiger partial charge in [0.25, 0.3) is 0 Å². The Morgan fingerprint density at radius 1 is 0.879 bits per heavy atom. The minimum Gasteiger partial charge on any atom is -0.350 e. The van der Waals surface area contributed by atoms with E-state index in [2.05, 4.69) is 5.32 Å². The van der Waals surface area contributed by atoms with E-state index < -0.39 is 6.04 Å². The van der Waals surface area contributed by atoms with Crippen LogP contribution >= 0.6 is 34.8 Å². The van der Waals surface area contributed by atoms with E-state index in [0.717, 1.165) is 16.7 Å². The molecule has 0 aliphatic rings. The summed E-state index contributed by atoms with van der Waals surface area (Å²) in [5.41, 5.74) is 2.61. The highest BCUT2D eigenvalue weighted by Crippen LogP contribution is 2.21. The van der Waals surface area contributed by atoms with Crippen molar-refractivity contribution in [3.63, 3.8) is 0 Å². The summed E-state index contributed by atoms with van der Waals surface area (Å²) in [6, 6.07) is 21.4. The first-order chi connectivity index (χ1) is 15.9. The van der Waals surface area contributed by atoms with E-state index >= 15 is 0 Å². The van der Waals surface area contributed by atoms with Crippen molar-refractivity contribution in [2.75, 3.05) is 0 Å². The third-order valence-corrected chi connectivity index (χ3v) is 6.15. The summed E-state index contributed by atoms with van der Waals surface area (Å²) in [6.07, 6.45) is 0.676. The van der Waals surface area contributed by atoms with Crippen molar-refractivity contribution in [3.05, 3.63) is 105 Å². The second-order valence-electron chi connectivity index (χ2n) is 7.66. The molecule has 0 bridgehead atoms. The zero-order valence-corrected chi connectivity index (χ0v) is 20.5. The van der Waals surface area contributed by atoms with Gasteiger partial charge < -0.3 is 10.2 Å². The van der Waals surface area contributed by atoms with Crippen LogP contribution in [0.2, 0.25) is 15.1 Å². The second-order valence-corrected chi connectivity index (χ2v) is 8.94. The lowest BCUT2D eigenvalue weighted by Crippen LogP contribution is -2.50. The third-order valence-electron chi connectivity index (χ3n) is 5.31. The highest BCUT2D eigenvalue weighted by Gasteiger charge is 2.29. The summed E-state index contributed by atoms with van der Waals surface area (Å²) in [4.78, 5) is 28.0. The van der Waals surface area contributed by atoms with Crippen molar-refractivity contribution in [2.24, 2.45) is 0 Å². The molecule has 0 saturated heterocycles. The fourth-order valence-electron chi connectivity index (χ4n) is 3.51. The summed E-state index contributed by atoms with van der Waals surface area (Å²) >= 11 is 18.3. The van der Waals surface area contributed by atoms with Gasteiger partial charge in [-0.15, -0.1) is 0 Å². The van der Waals surface area contributed by atoms with Gasteiger partial charge in [0.1, 0.15) is 6.04 Å². The molecule has 0 radical (unpaired) electrons. The number of rotatable bonds is 9. The van der Waals surface area contributed by atoms with Gasteiger partial charge in [0.15, 0.2) is 0 Å². The molecule has 1 N–H and O–H groups in total. The molecule has 3 aromatic carbocycles. The van der Waals surface area contributed by atoms with Crippen LogP contribution in [0.25, 0.3) is 0 Å². The lowest BCUT2D eigenvalue weighted by Gasteiger charge is -2.31. The summed E-state index contributed by atoms with van der Waals surface area (Å²) in [5, 5.41) is 4.57. The van der Waals surface area contributed by atoms with Crippen LogP contribution in [0.4, 0.5) is 0 Å². The molecule has 0 saturated carbocycles. The van der Waals surface area contributed by atoms with Gasteiger partial charge >= 0.3 is 0 Å². The Morgan fingerprint density at radius 2 is 1.55 bits per heavy atom. The molecule has 0 aliphatic heterocycles. The quantitative estimate of drug-likeness (QED) is 0.372. The molecule has 0 unspecified atom stereocenters. The van der Waals surface area contributed by atoms with Gasteiger partial charge in [-0.2, -0.15) is 0 Å². The molecule has 0 aliphatic carbocycles. The summed E-state index contributed by atoms with van der Waals surface area (Å²) in [5.74, 6) is -0.355. The van der Waals surface area contributed by atoms with E-state index in [-0.39, 0.29) is 24.8 Å². The molecule has 172 valence electrons. The molecule has 0 heterocycles. The van der Waals surface area contributed by atoms with Crippen LogP contribution in [-0.2, 0) is 29.1 Å². The number of carbonyl (C=O) groups is 2. The lowest BCUT2D eigenvalue weighted by atomic mass is 10.0. The molecule has 0 aromatic heterocycles. The normalized spacial score (nSPS) is 11.6. The van der Waals surface area contributed by atoms with Crippen molar-refractivity contribution < 1.29 is 9.59 Å². The first-order valence-electron chi connectivity index (χ1n) is 10.7. The minimum atomic E-state index is -0.693. The Balaban J connectivity index is 1.86. The van der Waals surface area contributed by atoms with E-state index in [1.165, 1.54) is 0 Å². The molecule has 0 fully saturated rings. The van der Waals surface area contributed by atoms with Crippen LogP contribution in [0.5, 0.6) is 0 Å². The van der Waals surface area contributed by atoms with Crippen LogP contribution in [-0.4, -0.2) is 22.8 Å². The van der Waals surface area contributed by atoms with Gasteiger partial charge in [-0.05, 0) is 41.0 Å². The van der Waals surface area contributed by atoms with Crippen molar-refractivity contribution in [1.29, 1.82) is 0 Å². The molecule has 33 heavy (non-hydrogen) atoms. The monoisotopic (exact) mass is 502 g/mol. The molecule has 0 spiro atoms. The maximum atomic E-state index is 13.4. The number of nitrogens with one attached hydrogen (secondary N) is 1. The predicted octanol–water partition coefficient (Wildman–Crippen LogP) is 6.31. The van der Waals surface area contributed by atoms with Crippen LogP contribution in [0.15, 0.2) is 72.8 Å². The summed E-state index contributed by atoms with van der Waals surface area (Å²) in [6.45, 7) is 2.33. The van der Waals surface area contributed by atoms with Gasteiger partial charge in [-0.1, -0.05) is 90.3 Å². The first-order valence-corrected chi connectivity index (χ1v) is 11.8. The molecule has 3 aromatic rings. The number of hydrogen-bond acceptors (Lipinski definition) is 2. The number of halogens is 3. The van der Waals surface area contributed by atoms with Gasteiger partial charge in [0.2, 0.25) is 11.8 Å². The molecule has 1 atom stereocenters. The van der Waals surface area contributed by atoms with E-state index in [1.54, 1.807) is 42.2 Å². The fraction of sp³-hybridized carbons (Fsp3) is 0.231. The maximum Gasteiger partial charge on any atom is 0.243 e. The Labute approximate surface area is 209 Å². The molecular formula is C26H25Cl3N2O2. The second kappa shape index (κ2) is 12.1. The smallest absolute Gasteiger partial charge is 0.243 e. The van der Waals surface area contributed by atoms with Crippen molar-refractivity contribution in [1.82, 2.24) is 10.2 Å². The number of nitrogens with zero attached hydrogens (tertiary/aromatic N) is 1. The van der Waals surface area contributed by atoms with Crippen molar-refractivity contribution in [2.45, 2.75) is 38.9 Å². The number of carbonyl (C=O) groups excluding carboxylic acids is 2. The first kappa shape index (κ1) is 25.1. The number of benzene rings is 3. The number of hydrogen-bond donors (Lipinski definition) is 1. The van der Waals surface area contributed by atoms with E-state index in [1.807, 2.05) is 42.5 Å². The maximum absolute atomic E-state index is 13.4. The Kier molecular flexibility index (Phi) is 9.19. The van der Waals surface area contributed by atoms with Gasteiger partial charge in [-0.25, -0.2) is 0 Å². The molecule has 3 rings (SSSR count). The predicted molar refractivity (Wildman–Crippen MR) is 135 cm³/mol. The largest absolute Gasteiger partial charge is 0.350 e. The van der Waals surface area contributed by atoms with Crippen LogP contribution in [0.3, 0.4) is 0 Å². The zero-order valence-electron chi connectivity index (χ0n) is 18.2. The minimum absolute atomic E-state index is 0.106. The SMILES string of the molecule is CCC(=O)N(Cc1ccc(Cl)cc1)[C@@H](Cc1ccccc1)C(=O)NCc1ccc(Cl)cc1Cl. The highest BCUT2D eigenvalue weighted by molar-refractivity contribution is 6.35. The van der Waals surface area contributed by atoms with Crippen molar-refractivity contribution in [3.8, 4) is 0 Å². The van der Waals surface area contributed by atoms with Gasteiger partial charge in [0, 0.05) is 41.0 Å². The molecular weight excluding hydrogens is 479 g/mol. The Bertz CT molecular complexity index is 1090. The van der Waals surface area contributed by atoms with E-state index in [4.69, 9.17) is 34.8 Å². The summed E-state index contributed by atoms with van der Waals surface area (Å²) in [7, 11) is 0. The highest BCUT2D eigenvalue weighted by atomic mass is 35.5. The fourth-order valence-corrected chi connectivity index (χ4v) is 4.11. The summed E-state index contributed by atoms with van der Waals surface area (Å²) < 4.78 is 0. The lowest BCUT2D eigenvalue weighted by molar-refractivity contribution is -0.141. The third kappa shape index (κ3) is 7.23.